The number of nitrogens with one attached hydrogen (secondary N) is 2. The molecule has 0 spiro atoms. The Hall–Kier alpha value is -2.49. The van der Waals surface area contributed by atoms with E-state index in [4.69, 9.17) is 9.47 Å². The first-order chi connectivity index (χ1) is 13.1. The van der Waals surface area contributed by atoms with Crippen molar-refractivity contribution in [3.8, 4) is 5.88 Å². The summed E-state index contributed by atoms with van der Waals surface area (Å²) in [5, 5.41) is 10.5. The molecule has 2 aliphatic heterocycles. The molecule has 0 aliphatic carbocycles. The van der Waals surface area contributed by atoms with E-state index in [0.717, 1.165) is 5.56 Å². The minimum atomic E-state index is -2.71. The van der Waals surface area contributed by atoms with Gasteiger partial charge in [-0.25, -0.2) is 13.8 Å². The van der Waals surface area contributed by atoms with E-state index in [1.807, 2.05) is 6.92 Å². The molecule has 27 heavy (non-hydrogen) atoms. The number of aryl methyl sites for hydroxylation is 1. The van der Waals surface area contributed by atoms with Gasteiger partial charge in [-0.05, 0) is 26.2 Å². The van der Waals surface area contributed by atoms with Gasteiger partial charge in [-0.1, -0.05) is 0 Å². The maximum absolute atomic E-state index is 14.0. The van der Waals surface area contributed by atoms with E-state index in [0.29, 0.717) is 51.4 Å². The van der Waals surface area contributed by atoms with Gasteiger partial charge in [0.05, 0.1) is 12.6 Å². The molecule has 2 bridgehead atoms. The van der Waals surface area contributed by atoms with Crippen LogP contribution in [0.2, 0.25) is 0 Å². The third-order valence-electron chi connectivity index (χ3n) is 4.72. The van der Waals surface area contributed by atoms with Crippen LogP contribution in [-0.4, -0.2) is 46.1 Å². The first-order valence-electron chi connectivity index (χ1n) is 9.09. The van der Waals surface area contributed by atoms with Gasteiger partial charge in [-0.3, -0.25) is 4.68 Å². The van der Waals surface area contributed by atoms with Crippen LogP contribution in [0, 0.1) is 6.92 Å². The second-order valence-corrected chi connectivity index (χ2v) is 6.63. The Morgan fingerprint density at radius 1 is 1.26 bits per heavy atom. The van der Waals surface area contributed by atoms with Gasteiger partial charge in [-0.15, -0.1) is 5.10 Å². The molecular weight excluding hydrogens is 358 g/mol. The number of hydrogen-bond acceptors (Lipinski definition) is 7. The number of fused-ring (bicyclic) bond motifs is 3. The lowest BCUT2D eigenvalue weighted by Crippen LogP contribution is -2.22. The molecule has 2 N–H and O–H groups in total. The molecule has 10 heteroatoms. The van der Waals surface area contributed by atoms with Gasteiger partial charge in [-0.2, -0.15) is 4.98 Å². The van der Waals surface area contributed by atoms with E-state index in [2.05, 4.69) is 25.7 Å². The summed E-state index contributed by atoms with van der Waals surface area (Å²) in [6, 6.07) is -0.148. The van der Waals surface area contributed by atoms with Crippen molar-refractivity contribution in [2.45, 2.75) is 38.7 Å². The van der Waals surface area contributed by atoms with Crippen molar-refractivity contribution in [1.29, 1.82) is 0 Å². The Labute approximate surface area is 155 Å². The standard InChI is InChI=1S/C17H22F2N6O2/c1-10-9-21-17-22-12-13(14(18)19)25(11-3-7-26-8-4-11)24-16(12)27-6-2-5-20-15(10)23-17/h9,11,14H,2-8H2,1H3,(H2,20,21,22,23). The molecule has 1 fully saturated rings. The summed E-state index contributed by atoms with van der Waals surface area (Å²) in [7, 11) is 0. The molecule has 0 radical (unpaired) electrons. The van der Waals surface area contributed by atoms with Crippen LogP contribution in [0.4, 0.5) is 26.2 Å². The summed E-state index contributed by atoms with van der Waals surface area (Å²) < 4.78 is 40.5. The molecule has 2 aromatic rings. The van der Waals surface area contributed by atoms with Crippen molar-refractivity contribution in [3.05, 3.63) is 17.5 Å². The fourth-order valence-electron chi connectivity index (χ4n) is 3.30. The van der Waals surface area contributed by atoms with Crippen LogP contribution in [0.1, 0.15) is 43.0 Å². The molecule has 0 saturated carbocycles. The van der Waals surface area contributed by atoms with Crippen LogP contribution < -0.4 is 15.4 Å². The van der Waals surface area contributed by atoms with Crippen LogP contribution in [0.5, 0.6) is 5.88 Å². The number of alkyl halides is 2. The van der Waals surface area contributed by atoms with E-state index in [1.54, 1.807) is 6.20 Å². The molecule has 2 aliphatic rings. The summed E-state index contributed by atoms with van der Waals surface area (Å²) in [6.07, 6.45) is 0.895. The molecule has 4 rings (SSSR count). The van der Waals surface area contributed by atoms with E-state index < -0.39 is 6.43 Å². The molecule has 0 amide bonds. The number of hydrogen-bond donors (Lipinski definition) is 2. The molecule has 0 unspecified atom stereocenters. The molecule has 8 nitrogen and oxygen atoms in total. The van der Waals surface area contributed by atoms with E-state index in [-0.39, 0.29) is 29.3 Å². The summed E-state index contributed by atoms with van der Waals surface area (Å²) in [5.74, 6) is 1.05. The predicted molar refractivity (Wildman–Crippen MR) is 94.9 cm³/mol. The molecule has 146 valence electrons. The van der Waals surface area contributed by atoms with Crippen molar-refractivity contribution < 1.29 is 18.3 Å². The van der Waals surface area contributed by atoms with Gasteiger partial charge in [0.2, 0.25) is 5.95 Å². The van der Waals surface area contributed by atoms with Gasteiger partial charge in [0, 0.05) is 31.5 Å². The van der Waals surface area contributed by atoms with E-state index in [1.165, 1.54) is 4.68 Å². The summed E-state index contributed by atoms with van der Waals surface area (Å²) in [5.41, 5.74) is 0.816. The molecule has 1 saturated heterocycles. The molecular formula is C17H22F2N6O2. The third kappa shape index (κ3) is 3.66. The lowest BCUT2D eigenvalue weighted by molar-refractivity contribution is 0.0592. The van der Waals surface area contributed by atoms with Gasteiger partial charge in [0.1, 0.15) is 17.2 Å². The van der Waals surface area contributed by atoms with Crippen LogP contribution >= 0.6 is 0 Å². The fourth-order valence-corrected chi connectivity index (χ4v) is 3.30. The molecule has 0 aromatic carbocycles. The highest BCUT2D eigenvalue weighted by atomic mass is 19.3. The Balaban J connectivity index is 1.78. The second-order valence-electron chi connectivity index (χ2n) is 6.63. The fraction of sp³-hybridized carbons (Fsp3) is 0.588. The Morgan fingerprint density at radius 3 is 2.85 bits per heavy atom. The summed E-state index contributed by atoms with van der Waals surface area (Å²) in [4.78, 5) is 8.62. The Morgan fingerprint density at radius 2 is 2.07 bits per heavy atom. The number of anilines is 3. The number of ether oxygens (including phenoxy) is 2. The Bertz CT molecular complexity index is 807. The zero-order valence-corrected chi connectivity index (χ0v) is 15.0. The van der Waals surface area contributed by atoms with E-state index in [9.17, 15) is 8.78 Å². The van der Waals surface area contributed by atoms with Crippen molar-refractivity contribution >= 4 is 17.5 Å². The van der Waals surface area contributed by atoms with Crippen molar-refractivity contribution in [1.82, 2.24) is 19.7 Å². The smallest absolute Gasteiger partial charge is 0.282 e. The normalized spacial score (nSPS) is 18.1. The van der Waals surface area contributed by atoms with Crippen LogP contribution in [0.15, 0.2) is 6.20 Å². The molecule has 0 atom stereocenters. The largest absolute Gasteiger partial charge is 0.475 e. The number of aromatic nitrogens is 4. The lowest BCUT2D eigenvalue weighted by atomic mass is 10.1. The highest BCUT2D eigenvalue weighted by Crippen LogP contribution is 2.40. The van der Waals surface area contributed by atoms with Gasteiger partial charge < -0.3 is 20.1 Å². The minimum Gasteiger partial charge on any atom is -0.475 e. The van der Waals surface area contributed by atoms with E-state index >= 15 is 0 Å². The average Bonchev–Trinajstić information content (AvgIpc) is 3.01. The van der Waals surface area contributed by atoms with Crippen LogP contribution in [0.25, 0.3) is 0 Å². The van der Waals surface area contributed by atoms with Crippen LogP contribution in [0.3, 0.4) is 0 Å². The van der Waals surface area contributed by atoms with Gasteiger partial charge in [0.15, 0.2) is 0 Å². The maximum Gasteiger partial charge on any atom is 0.282 e. The van der Waals surface area contributed by atoms with Crippen molar-refractivity contribution in [3.63, 3.8) is 0 Å². The number of nitrogens with zero attached hydrogens (tertiary/aromatic N) is 4. The van der Waals surface area contributed by atoms with Gasteiger partial charge >= 0.3 is 0 Å². The average molecular weight is 380 g/mol. The predicted octanol–water partition coefficient (Wildman–Crippen LogP) is 3.21. The summed E-state index contributed by atoms with van der Waals surface area (Å²) in [6.45, 7) is 3.96. The minimum absolute atomic E-state index is 0.133. The Kier molecular flexibility index (Phi) is 5.06. The third-order valence-corrected chi connectivity index (χ3v) is 4.72. The van der Waals surface area contributed by atoms with Crippen molar-refractivity contribution in [2.24, 2.45) is 0 Å². The first kappa shape index (κ1) is 17.9. The first-order valence-corrected chi connectivity index (χ1v) is 9.09. The highest BCUT2D eigenvalue weighted by Gasteiger charge is 2.31. The van der Waals surface area contributed by atoms with Crippen molar-refractivity contribution in [2.75, 3.05) is 37.0 Å². The SMILES string of the molecule is Cc1cnc2nc1NCCCOc1nn(C3CCOCC3)c(C(F)F)c1N2. The summed E-state index contributed by atoms with van der Waals surface area (Å²) >= 11 is 0. The molecule has 2 aromatic heterocycles. The highest BCUT2D eigenvalue weighted by molar-refractivity contribution is 5.65. The molecule has 4 heterocycles. The quantitative estimate of drug-likeness (QED) is 0.827. The number of rotatable bonds is 2. The second kappa shape index (κ2) is 7.63. The lowest BCUT2D eigenvalue weighted by Gasteiger charge is -2.24. The zero-order valence-electron chi connectivity index (χ0n) is 15.0. The van der Waals surface area contributed by atoms with Crippen LogP contribution in [-0.2, 0) is 4.74 Å². The number of halogens is 2. The maximum atomic E-state index is 14.0. The zero-order chi connectivity index (χ0) is 18.8. The topological polar surface area (TPSA) is 86.1 Å². The monoisotopic (exact) mass is 380 g/mol. The van der Waals surface area contributed by atoms with Gasteiger partial charge in [0.25, 0.3) is 12.3 Å².